The fraction of sp³-hybridized carbons (Fsp3) is 0.368. The number of hydrogen-bond donors (Lipinski definition) is 0. The third kappa shape index (κ3) is 9.31. The van der Waals surface area contributed by atoms with Gasteiger partial charge in [0.1, 0.15) is 11.4 Å². The van der Waals surface area contributed by atoms with Gasteiger partial charge in [-0.3, -0.25) is 0 Å². The zero-order valence-electron chi connectivity index (χ0n) is 27.1. The number of nitrogens with zero attached hydrogens (tertiary/aromatic N) is 1. The number of hydrogen-bond acceptors (Lipinski definition) is 8. The molecule has 242 valence electrons. The average Bonchev–Trinajstić information content (AvgIpc) is 3.05. The van der Waals surface area contributed by atoms with E-state index in [4.69, 9.17) is 23.8 Å². The highest BCUT2D eigenvalue weighted by Gasteiger charge is 2.34. The minimum atomic E-state index is -0.710. The number of rotatable bonds is 11. The summed E-state index contributed by atoms with van der Waals surface area (Å²) >= 11 is 0. The summed E-state index contributed by atoms with van der Waals surface area (Å²) in [6.45, 7) is 7.22. The molecule has 1 saturated heterocycles. The number of methoxy groups -OCH3 is 1. The van der Waals surface area contributed by atoms with Gasteiger partial charge in [0.2, 0.25) is 0 Å². The molecule has 4 aromatic carbocycles. The highest BCUT2D eigenvalue weighted by atomic mass is 16.8. The van der Waals surface area contributed by atoms with Crippen LogP contribution in [0.15, 0.2) is 91.0 Å². The van der Waals surface area contributed by atoms with Crippen LogP contribution < -0.4 is 4.74 Å². The Balaban J connectivity index is 1.19. The van der Waals surface area contributed by atoms with Crippen LogP contribution >= 0.6 is 0 Å². The van der Waals surface area contributed by atoms with Crippen LogP contribution in [0.4, 0.5) is 4.79 Å². The maximum atomic E-state index is 12.4. The third-order valence-corrected chi connectivity index (χ3v) is 7.95. The summed E-state index contributed by atoms with van der Waals surface area (Å²) in [5, 5.41) is 4.01. The topological polar surface area (TPSA) is 83.5 Å². The Morgan fingerprint density at radius 3 is 2.39 bits per heavy atom. The van der Waals surface area contributed by atoms with Gasteiger partial charge in [-0.1, -0.05) is 66.7 Å². The Morgan fingerprint density at radius 1 is 0.870 bits per heavy atom. The Kier molecular flexibility index (Phi) is 10.9. The van der Waals surface area contributed by atoms with Crippen molar-refractivity contribution >= 4 is 22.9 Å². The lowest BCUT2D eigenvalue weighted by Crippen LogP contribution is -2.45. The molecule has 0 radical (unpaired) electrons. The van der Waals surface area contributed by atoms with Crippen molar-refractivity contribution in [3.05, 3.63) is 113 Å². The number of aryl methyl sites for hydroxylation is 1. The molecule has 0 spiro atoms. The molecule has 0 bridgehead atoms. The Bertz CT molecular complexity index is 1610. The monoisotopic (exact) mass is 625 g/mol. The normalized spacial score (nSPS) is 17.0. The van der Waals surface area contributed by atoms with Gasteiger partial charge in [0.05, 0.1) is 38.5 Å². The molecule has 0 saturated carbocycles. The predicted octanol–water partition coefficient (Wildman–Crippen LogP) is 7.88. The molecule has 46 heavy (non-hydrogen) atoms. The number of fused-ring (bicyclic) bond motifs is 1. The molecule has 2 unspecified atom stereocenters. The molecule has 0 aromatic heterocycles. The van der Waals surface area contributed by atoms with E-state index < -0.39 is 11.8 Å². The predicted molar refractivity (Wildman–Crippen MR) is 177 cm³/mol. The van der Waals surface area contributed by atoms with Crippen LogP contribution in [0.2, 0.25) is 0 Å². The lowest BCUT2D eigenvalue weighted by molar-refractivity contribution is -0.179. The second-order valence-corrected chi connectivity index (χ2v) is 12.6. The van der Waals surface area contributed by atoms with E-state index in [0.717, 1.165) is 18.4 Å². The van der Waals surface area contributed by atoms with Crippen LogP contribution in [0.25, 0.3) is 10.8 Å². The molecule has 1 fully saturated rings. The number of piperidine rings is 1. The van der Waals surface area contributed by atoms with Crippen molar-refractivity contribution < 1.29 is 33.4 Å². The molecule has 1 heterocycles. The minimum Gasteiger partial charge on any atom is -0.497 e. The van der Waals surface area contributed by atoms with Gasteiger partial charge < -0.3 is 23.8 Å². The molecule has 5 rings (SSSR count). The summed E-state index contributed by atoms with van der Waals surface area (Å²) in [6, 6.07) is 30.2. The Hall–Kier alpha value is -4.40. The molecule has 0 aliphatic carbocycles. The first-order chi connectivity index (χ1) is 22.2. The molecule has 8 nitrogen and oxygen atoms in total. The first-order valence-electron chi connectivity index (χ1n) is 15.8. The van der Waals surface area contributed by atoms with Gasteiger partial charge in [0, 0.05) is 12.5 Å². The average molecular weight is 626 g/mol. The highest BCUT2D eigenvalue weighted by molar-refractivity contribution is 5.89. The molecule has 2 atom stereocenters. The number of hydroxylamine groups is 2. The van der Waals surface area contributed by atoms with Gasteiger partial charge in [-0.15, -0.1) is 5.06 Å². The van der Waals surface area contributed by atoms with Crippen molar-refractivity contribution in [2.24, 2.45) is 0 Å². The fourth-order valence-electron chi connectivity index (χ4n) is 5.63. The highest BCUT2D eigenvalue weighted by Crippen LogP contribution is 2.32. The molecule has 4 aromatic rings. The van der Waals surface area contributed by atoms with Crippen molar-refractivity contribution in [1.82, 2.24) is 5.06 Å². The quantitative estimate of drug-likeness (QED) is 0.123. The molecular formula is C38H43NO7. The summed E-state index contributed by atoms with van der Waals surface area (Å²) < 4.78 is 22.6. The summed E-state index contributed by atoms with van der Waals surface area (Å²) in [6.07, 6.45) is 1.34. The van der Waals surface area contributed by atoms with E-state index in [1.54, 1.807) is 36.4 Å². The molecule has 1 aliphatic rings. The SMILES string of the molecule is COc1cccc(C(=O)OCCCc2ccc(C3CCN(OC(=O)OC(C)(C)C)CC3OCc3ccc4ccccc4c3)cc2)c1. The van der Waals surface area contributed by atoms with Gasteiger partial charge >= 0.3 is 12.1 Å². The van der Waals surface area contributed by atoms with Crippen LogP contribution in [-0.2, 0) is 32.1 Å². The van der Waals surface area contributed by atoms with Crippen LogP contribution in [0.1, 0.15) is 66.6 Å². The van der Waals surface area contributed by atoms with Crippen LogP contribution in [0, 0.1) is 0 Å². The van der Waals surface area contributed by atoms with E-state index >= 15 is 0 Å². The number of carbonyl (C=O) groups is 2. The van der Waals surface area contributed by atoms with E-state index in [-0.39, 0.29) is 18.0 Å². The zero-order valence-corrected chi connectivity index (χ0v) is 27.1. The maximum absolute atomic E-state index is 12.4. The smallest absolute Gasteiger partial charge is 0.497 e. The maximum Gasteiger partial charge on any atom is 0.528 e. The van der Waals surface area contributed by atoms with Crippen molar-refractivity contribution in [3.63, 3.8) is 0 Å². The van der Waals surface area contributed by atoms with Gasteiger partial charge in [-0.25, -0.2) is 9.59 Å². The second kappa shape index (κ2) is 15.3. The van der Waals surface area contributed by atoms with E-state index in [2.05, 4.69) is 54.6 Å². The molecule has 0 N–H and O–H groups in total. The lowest BCUT2D eigenvalue weighted by Gasteiger charge is -2.37. The lowest BCUT2D eigenvalue weighted by atomic mass is 9.87. The van der Waals surface area contributed by atoms with E-state index in [1.807, 2.05) is 32.9 Å². The summed E-state index contributed by atoms with van der Waals surface area (Å²) in [5.74, 6) is 0.389. The summed E-state index contributed by atoms with van der Waals surface area (Å²) in [4.78, 5) is 30.4. The van der Waals surface area contributed by atoms with Crippen molar-refractivity contribution in [2.75, 3.05) is 26.8 Å². The summed E-state index contributed by atoms with van der Waals surface area (Å²) in [5.41, 5.74) is 3.27. The van der Waals surface area contributed by atoms with Gasteiger partial charge in [0.15, 0.2) is 0 Å². The van der Waals surface area contributed by atoms with Crippen molar-refractivity contribution in [3.8, 4) is 5.75 Å². The fourth-order valence-corrected chi connectivity index (χ4v) is 5.63. The number of esters is 1. The molecule has 0 amide bonds. The van der Waals surface area contributed by atoms with E-state index in [9.17, 15) is 9.59 Å². The van der Waals surface area contributed by atoms with Crippen molar-refractivity contribution in [1.29, 1.82) is 0 Å². The third-order valence-electron chi connectivity index (χ3n) is 7.95. The molecule has 1 aliphatic heterocycles. The summed E-state index contributed by atoms with van der Waals surface area (Å²) in [7, 11) is 1.57. The Morgan fingerprint density at radius 2 is 1.63 bits per heavy atom. The standard InChI is InChI=1S/C38H43NO7/c1-38(2,3)45-37(41)46-39-21-20-34(35(25-39)44-26-28-16-17-29-10-5-6-11-31(29)23-28)30-18-14-27(15-19-30)9-8-22-43-36(40)32-12-7-13-33(24-32)42-4/h5-7,10-19,23-24,34-35H,8-9,20-22,25-26H2,1-4H3. The zero-order chi connectivity index (χ0) is 32.5. The van der Waals surface area contributed by atoms with E-state index in [0.29, 0.717) is 44.0 Å². The van der Waals surface area contributed by atoms with Crippen LogP contribution in [-0.4, -0.2) is 55.7 Å². The molecule has 8 heteroatoms. The van der Waals surface area contributed by atoms with Gasteiger partial charge in [0.25, 0.3) is 0 Å². The number of ether oxygens (including phenoxy) is 4. The second-order valence-electron chi connectivity index (χ2n) is 12.6. The van der Waals surface area contributed by atoms with Crippen LogP contribution in [0.5, 0.6) is 5.75 Å². The Labute approximate surface area is 271 Å². The molecular weight excluding hydrogens is 582 g/mol. The van der Waals surface area contributed by atoms with Gasteiger partial charge in [-0.05, 0) is 91.8 Å². The largest absolute Gasteiger partial charge is 0.528 e. The van der Waals surface area contributed by atoms with E-state index in [1.165, 1.54) is 21.9 Å². The van der Waals surface area contributed by atoms with Crippen LogP contribution in [0.3, 0.4) is 0 Å². The van der Waals surface area contributed by atoms with Crippen molar-refractivity contribution in [2.45, 2.75) is 64.3 Å². The number of benzene rings is 4. The van der Waals surface area contributed by atoms with Gasteiger partial charge in [-0.2, -0.15) is 0 Å². The first-order valence-corrected chi connectivity index (χ1v) is 15.8. The first kappa shape index (κ1) is 33.0. The number of carbonyl (C=O) groups excluding carboxylic acids is 2. The minimum absolute atomic E-state index is 0.122.